The molecule has 3 rings (SSSR count). The monoisotopic (exact) mass is 368 g/mol. The number of nitrogens with zero attached hydrogens (tertiary/aromatic N) is 5. The van der Waals surface area contributed by atoms with Gasteiger partial charge in [0.15, 0.2) is 0 Å². The third-order valence-electron chi connectivity index (χ3n) is 4.66. The minimum absolute atomic E-state index is 0.0343. The van der Waals surface area contributed by atoms with Gasteiger partial charge in [-0.15, -0.1) is 0 Å². The quantitative estimate of drug-likeness (QED) is 0.845. The summed E-state index contributed by atoms with van der Waals surface area (Å²) in [6, 6.07) is 5.55. The Morgan fingerprint density at radius 2 is 1.93 bits per heavy atom. The van der Waals surface area contributed by atoms with E-state index in [0.29, 0.717) is 18.0 Å². The predicted octanol–water partition coefficient (Wildman–Crippen LogP) is 2.68. The van der Waals surface area contributed by atoms with E-state index >= 15 is 0 Å². The molecule has 1 N–H and O–H groups in total. The van der Waals surface area contributed by atoms with E-state index in [4.69, 9.17) is 0 Å². The zero-order valence-corrected chi connectivity index (χ0v) is 16.1. The fourth-order valence-electron chi connectivity index (χ4n) is 3.07. The van der Waals surface area contributed by atoms with E-state index in [9.17, 15) is 4.79 Å². The van der Waals surface area contributed by atoms with Gasteiger partial charge >= 0.3 is 0 Å². The normalized spacial score (nSPS) is 14.9. The highest BCUT2D eigenvalue weighted by molar-refractivity contribution is 5.94. The average molecular weight is 368 g/mol. The van der Waals surface area contributed by atoms with Gasteiger partial charge in [0.1, 0.15) is 5.82 Å². The van der Waals surface area contributed by atoms with E-state index in [1.54, 1.807) is 18.6 Å². The maximum Gasteiger partial charge on any atom is 0.255 e. The van der Waals surface area contributed by atoms with Crippen molar-refractivity contribution in [3.63, 3.8) is 0 Å². The standard InChI is InChI=1S/C20H28N6O/c1-16(2)7-10-21-18-6-5-17(15-24-18)19(27)25-11-4-12-26(14-13-25)20-22-8-3-9-23-20/h3,5-6,8-9,15-16H,4,7,10-14H2,1-2H3,(H,21,24). The molecule has 0 bridgehead atoms. The number of amides is 1. The number of carbonyl (C=O) groups is 1. The molecule has 144 valence electrons. The molecule has 3 heterocycles. The highest BCUT2D eigenvalue weighted by atomic mass is 16.2. The van der Waals surface area contributed by atoms with Crippen molar-refractivity contribution in [3.8, 4) is 0 Å². The Morgan fingerprint density at radius 1 is 1.11 bits per heavy atom. The van der Waals surface area contributed by atoms with Crippen LogP contribution in [-0.4, -0.2) is 58.5 Å². The molecule has 0 spiro atoms. The molecule has 27 heavy (non-hydrogen) atoms. The number of aromatic nitrogens is 3. The van der Waals surface area contributed by atoms with Gasteiger partial charge in [0, 0.05) is 51.3 Å². The summed E-state index contributed by atoms with van der Waals surface area (Å²) in [5, 5.41) is 3.30. The fourth-order valence-corrected chi connectivity index (χ4v) is 3.07. The SMILES string of the molecule is CC(C)CCNc1ccc(C(=O)N2CCCN(c3ncccn3)CC2)cn1. The first-order valence-electron chi connectivity index (χ1n) is 9.64. The maximum atomic E-state index is 12.8. The summed E-state index contributed by atoms with van der Waals surface area (Å²) in [4.78, 5) is 29.9. The minimum atomic E-state index is 0.0343. The molecule has 1 aliphatic heterocycles. The second kappa shape index (κ2) is 9.30. The topological polar surface area (TPSA) is 74.2 Å². The molecular formula is C20H28N6O. The highest BCUT2D eigenvalue weighted by Gasteiger charge is 2.21. The minimum Gasteiger partial charge on any atom is -0.370 e. The molecule has 0 radical (unpaired) electrons. The number of nitrogens with one attached hydrogen (secondary N) is 1. The Kier molecular flexibility index (Phi) is 6.57. The van der Waals surface area contributed by atoms with E-state index in [-0.39, 0.29) is 5.91 Å². The van der Waals surface area contributed by atoms with Crippen LogP contribution in [0.25, 0.3) is 0 Å². The third kappa shape index (κ3) is 5.39. The van der Waals surface area contributed by atoms with Crippen molar-refractivity contribution in [1.29, 1.82) is 0 Å². The van der Waals surface area contributed by atoms with Crippen molar-refractivity contribution in [2.45, 2.75) is 26.7 Å². The van der Waals surface area contributed by atoms with E-state index in [2.05, 4.69) is 39.0 Å². The maximum absolute atomic E-state index is 12.8. The number of rotatable bonds is 6. The summed E-state index contributed by atoms with van der Waals surface area (Å²) < 4.78 is 0. The molecule has 2 aromatic rings. The molecule has 7 nitrogen and oxygen atoms in total. The molecule has 1 saturated heterocycles. The van der Waals surface area contributed by atoms with Crippen molar-refractivity contribution >= 4 is 17.7 Å². The van der Waals surface area contributed by atoms with E-state index in [1.165, 1.54) is 0 Å². The van der Waals surface area contributed by atoms with E-state index in [1.807, 2.05) is 23.1 Å². The van der Waals surface area contributed by atoms with Crippen molar-refractivity contribution in [1.82, 2.24) is 19.9 Å². The molecule has 7 heteroatoms. The molecular weight excluding hydrogens is 340 g/mol. The zero-order chi connectivity index (χ0) is 19.1. The van der Waals surface area contributed by atoms with Crippen LogP contribution in [0, 0.1) is 5.92 Å². The molecule has 0 aromatic carbocycles. The van der Waals surface area contributed by atoms with Gasteiger partial charge in [-0.3, -0.25) is 4.79 Å². The van der Waals surface area contributed by atoms with Crippen molar-refractivity contribution < 1.29 is 4.79 Å². The van der Waals surface area contributed by atoms with Gasteiger partial charge in [-0.1, -0.05) is 13.8 Å². The Morgan fingerprint density at radius 3 is 2.63 bits per heavy atom. The second-order valence-corrected chi connectivity index (χ2v) is 7.22. The molecule has 1 amide bonds. The fraction of sp³-hybridized carbons (Fsp3) is 0.500. The first kappa shape index (κ1) is 19.1. The Labute approximate surface area is 160 Å². The van der Waals surface area contributed by atoms with Gasteiger partial charge in [0.2, 0.25) is 5.95 Å². The van der Waals surface area contributed by atoms with Crippen molar-refractivity contribution in [2.24, 2.45) is 5.92 Å². The van der Waals surface area contributed by atoms with Crippen LogP contribution in [0.2, 0.25) is 0 Å². The summed E-state index contributed by atoms with van der Waals surface area (Å²) in [5.74, 6) is 2.23. The van der Waals surface area contributed by atoms with Gasteiger partial charge in [-0.05, 0) is 37.0 Å². The van der Waals surface area contributed by atoms with Crippen molar-refractivity contribution in [2.75, 3.05) is 42.9 Å². The number of hydrogen-bond acceptors (Lipinski definition) is 6. The molecule has 0 atom stereocenters. The van der Waals surface area contributed by atoms with E-state index < -0.39 is 0 Å². The Bertz CT molecular complexity index is 719. The summed E-state index contributed by atoms with van der Waals surface area (Å²) in [6.45, 7) is 8.26. The Balaban J connectivity index is 1.56. The van der Waals surface area contributed by atoms with E-state index in [0.717, 1.165) is 50.8 Å². The smallest absolute Gasteiger partial charge is 0.255 e. The van der Waals surface area contributed by atoms with Crippen LogP contribution in [0.5, 0.6) is 0 Å². The number of pyridine rings is 1. The third-order valence-corrected chi connectivity index (χ3v) is 4.66. The predicted molar refractivity (Wildman–Crippen MR) is 107 cm³/mol. The number of hydrogen-bond donors (Lipinski definition) is 1. The Hall–Kier alpha value is -2.70. The van der Waals surface area contributed by atoms with Gasteiger partial charge < -0.3 is 15.1 Å². The lowest BCUT2D eigenvalue weighted by molar-refractivity contribution is 0.0766. The largest absolute Gasteiger partial charge is 0.370 e. The van der Waals surface area contributed by atoms with Gasteiger partial charge in [-0.2, -0.15) is 0 Å². The van der Waals surface area contributed by atoms with Crippen LogP contribution in [0.4, 0.5) is 11.8 Å². The molecule has 1 aliphatic rings. The zero-order valence-electron chi connectivity index (χ0n) is 16.1. The number of carbonyl (C=O) groups excluding carboxylic acids is 1. The molecule has 1 fully saturated rings. The summed E-state index contributed by atoms with van der Waals surface area (Å²) in [7, 11) is 0. The van der Waals surface area contributed by atoms with Crippen LogP contribution in [0.15, 0.2) is 36.8 Å². The van der Waals surface area contributed by atoms with Crippen LogP contribution >= 0.6 is 0 Å². The average Bonchev–Trinajstić information content (AvgIpc) is 2.95. The molecule has 2 aromatic heterocycles. The lowest BCUT2D eigenvalue weighted by Crippen LogP contribution is -2.35. The van der Waals surface area contributed by atoms with Crippen LogP contribution < -0.4 is 10.2 Å². The van der Waals surface area contributed by atoms with Crippen LogP contribution in [-0.2, 0) is 0 Å². The molecule has 0 unspecified atom stereocenters. The highest BCUT2D eigenvalue weighted by Crippen LogP contribution is 2.14. The number of anilines is 2. The van der Waals surface area contributed by atoms with Crippen LogP contribution in [0.3, 0.4) is 0 Å². The van der Waals surface area contributed by atoms with Gasteiger partial charge in [0.05, 0.1) is 5.56 Å². The second-order valence-electron chi connectivity index (χ2n) is 7.22. The lowest BCUT2D eigenvalue weighted by atomic mass is 10.1. The first-order chi connectivity index (χ1) is 13.1. The van der Waals surface area contributed by atoms with Gasteiger partial charge in [0.25, 0.3) is 5.91 Å². The molecule has 0 aliphatic carbocycles. The molecule has 0 saturated carbocycles. The van der Waals surface area contributed by atoms with Crippen molar-refractivity contribution in [3.05, 3.63) is 42.4 Å². The van der Waals surface area contributed by atoms with Crippen LogP contribution in [0.1, 0.15) is 37.0 Å². The summed E-state index contributed by atoms with van der Waals surface area (Å²) in [6.07, 6.45) is 7.16. The summed E-state index contributed by atoms with van der Waals surface area (Å²) in [5.41, 5.74) is 0.633. The first-order valence-corrected chi connectivity index (χ1v) is 9.64. The van der Waals surface area contributed by atoms with Gasteiger partial charge in [-0.25, -0.2) is 15.0 Å². The lowest BCUT2D eigenvalue weighted by Gasteiger charge is -2.22. The summed E-state index contributed by atoms with van der Waals surface area (Å²) >= 11 is 0.